The molecule has 0 saturated heterocycles. The van der Waals surface area contributed by atoms with E-state index in [1.54, 1.807) is 36.4 Å². The molecule has 3 nitrogen and oxygen atoms in total. The summed E-state index contributed by atoms with van der Waals surface area (Å²) in [5, 5.41) is 3.48. The molecule has 19 heavy (non-hydrogen) atoms. The zero-order valence-corrected chi connectivity index (χ0v) is 12.5. The van der Waals surface area contributed by atoms with Crippen LogP contribution in [-0.4, -0.2) is 5.91 Å². The Morgan fingerprint density at radius 1 is 1.26 bits per heavy atom. The Bertz CT molecular complexity index is 623. The highest BCUT2D eigenvalue weighted by Gasteiger charge is 2.09. The molecule has 0 aromatic heterocycles. The first kappa shape index (κ1) is 13.9. The van der Waals surface area contributed by atoms with Crippen molar-refractivity contribution < 1.29 is 4.79 Å². The van der Waals surface area contributed by atoms with Gasteiger partial charge in [-0.1, -0.05) is 27.5 Å². The number of carbonyl (C=O) groups is 1. The Hall–Kier alpha value is -1.52. The fourth-order valence-electron chi connectivity index (χ4n) is 1.71. The minimum absolute atomic E-state index is 0.210. The van der Waals surface area contributed by atoms with Gasteiger partial charge in [0, 0.05) is 26.4 Å². The number of carbonyl (C=O) groups excluding carboxylic acids is 1. The zero-order chi connectivity index (χ0) is 14.0. The minimum atomic E-state index is -0.210. The SMILES string of the molecule is Cc1cc(Cl)ccc1NC(=O)c1cc(N)cc(Br)c1. The Labute approximate surface area is 124 Å². The predicted molar refractivity (Wildman–Crippen MR) is 82.7 cm³/mol. The first-order chi connectivity index (χ1) is 8.95. The van der Waals surface area contributed by atoms with Crippen LogP contribution in [0.2, 0.25) is 5.02 Å². The van der Waals surface area contributed by atoms with Gasteiger partial charge >= 0.3 is 0 Å². The van der Waals surface area contributed by atoms with Gasteiger partial charge in [0.2, 0.25) is 0 Å². The summed E-state index contributed by atoms with van der Waals surface area (Å²) in [4.78, 5) is 12.1. The van der Waals surface area contributed by atoms with Crippen molar-refractivity contribution >= 4 is 44.8 Å². The van der Waals surface area contributed by atoms with Crippen LogP contribution in [0.15, 0.2) is 40.9 Å². The molecule has 0 heterocycles. The molecule has 0 aliphatic heterocycles. The molecule has 1 amide bonds. The quantitative estimate of drug-likeness (QED) is 0.804. The van der Waals surface area contributed by atoms with Gasteiger partial charge in [-0.05, 0) is 48.9 Å². The van der Waals surface area contributed by atoms with E-state index in [2.05, 4.69) is 21.2 Å². The number of amides is 1. The standard InChI is InChI=1S/C14H12BrClN2O/c1-8-4-11(16)2-3-13(8)18-14(19)9-5-10(15)7-12(17)6-9/h2-7H,17H2,1H3,(H,18,19). The van der Waals surface area contributed by atoms with Gasteiger partial charge in [0.05, 0.1) is 0 Å². The summed E-state index contributed by atoms with van der Waals surface area (Å²) in [6, 6.07) is 10.4. The fraction of sp³-hybridized carbons (Fsp3) is 0.0714. The monoisotopic (exact) mass is 338 g/mol. The lowest BCUT2D eigenvalue weighted by atomic mass is 10.1. The van der Waals surface area contributed by atoms with Crippen LogP contribution in [0.4, 0.5) is 11.4 Å². The molecular weight excluding hydrogens is 328 g/mol. The molecule has 0 aliphatic carbocycles. The third-order valence-corrected chi connectivity index (χ3v) is 3.31. The predicted octanol–water partition coefficient (Wildman–Crippen LogP) is 4.25. The second kappa shape index (κ2) is 5.63. The summed E-state index contributed by atoms with van der Waals surface area (Å²) in [7, 11) is 0. The zero-order valence-electron chi connectivity index (χ0n) is 10.2. The molecule has 2 rings (SSSR count). The number of benzene rings is 2. The van der Waals surface area contributed by atoms with E-state index in [0.717, 1.165) is 15.7 Å². The Morgan fingerprint density at radius 2 is 2.00 bits per heavy atom. The van der Waals surface area contributed by atoms with Crippen LogP contribution in [0.5, 0.6) is 0 Å². The van der Waals surface area contributed by atoms with Crippen molar-refractivity contribution in [3.05, 3.63) is 57.0 Å². The van der Waals surface area contributed by atoms with Crippen molar-refractivity contribution in [2.24, 2.45) is 0 Å². The van der Waals surface area contributed by atoms with E-state index in [1.807, 2.05) is 6.92 Å². The maximum absolute atomic E-state index is 12.1. The van der Waals surface area contributed by atoms with Gasteiger partial charge in [0.1, 0.15) is 0 Å². The number of hydrogen-bond donors (Lipinski definition) is 2. The maximum atomic E-state index is 12.1. The second-order valence-electron chi connectivity index (χ2n) is 4.19. The molecule has 3 N–H and O–H groups in total. The van der Waals surface area contributed by atoms with Crippen molar-refractivity contribution in [3.8, 4) is 0 Å². The van der Waals surface area contributed by atoms with E-state index in [9.17, 15) is 4.79 Å². The largest absolute Gasteiger partial charge is 0.399 e. The summed E-state index contributed by atoms with van der Waals surface area (Å²) in [6.45, 7) is 1.89. The molecule has 2 aromatic rings. The molecular formula is C14H12BrClN2O. The summed E-state index contributed by atoms with van der Waals surface area (Å²) in [5.74, 6) is -0.210. The maximum Gasteiger partial charge on any atom is 0.255 e. The Kier molecular flexibility index (Phi) is 4.12. The molecule has 0 radical (unpaired) electrons. The van der Waals surface area contributed by atoms with Gasteiger partial charge < -0.3 is 11.1 Å². The molecule has 2 aromatic carbocycles. The summed E-state index contributed by atoms with van der Waals surface area (Å²) >= 11 is 9.19. The van der Waals surface area contributed by atoms with Crippen LogP contribution in [-0.2, 0) is 0 Å². The number of anilines is 2. The summed E-state index contributed by atoms with van der Waals surface area (Å²) < 4.78 is 0.769. The van der Waals surface area contributed by atoms with E-state index >= 15 is 0 Å². The van der Waals surface area contributed by atoms with Crippen LogP contribution in [0.25, 0.3) is 0 Å². The fourth-order valence-corrected chi connectivity index (χ4v) is 2.44. The average Bonchev–Trinajstić information content (AvgIpc) is 2.31. The van der Waals surface area contributed by atoms with E-state index < -0.39 is 0 Å². The number of rotatable bonds is 2. The van der Waals surface area contributed by atoms with Gasteiger partial charge in [-0.25, -0.2) is 0 Å². The molecule has 0 aliphatic rings. The van der Waals surface area contributed by atoms with Gasteiger partial charge in [-0.15, -0.1) is 0 Å². The van der Waals surface area contributed by atoms with Gasteiger partial charge in [-0.3, -0.25) is 4.79 Å². The van der Waals surface area contributed by atoms with Crippen LogP contribution in [0.1, 0.15) is 15.9 Å². The smallest absolute Gasteiger partial charge is 0.255 e. The lowest BCUT2D eigenvalue weighted by Crippen LogP contribution is -2.13. The normalized spacial score (nSPS) is 10.3. The van der Waals surface area contributed by atoms with Crippen molar-refractivity contribution in [1.29, 1.82) is 0 Å². The molecule has 0 saturated carbocycles. The summed E-state index contributed by atoms with van der Waals surface area (Å²) in [5.41, 5.74) is 8.38. The van der Waals surface area contributed by atoms with E-state index in [4.69, 9.17) is 17.3 Å². The first-order valence-corrected chi connectivity index (χ1v) is 6.76. The van der Waals surface area contributed by atoms with Gasteiger partial charge in [0.25, 0.3) is 5.91 Å². The van der Waals surface area contributed by atoms with Gasteiger partial charge in [0.15, 0.2) is 0 Å². The molecule has 0 atom stereocenters. The van der Waals surface area contributed by atoms with E-state index in [0.29, 0.717) is 16.3 Å². The highest BCUT2D eigenvalue weighted by atomic mass is 79.9. The third-order valence-electron chi connectivity index (χ3n) is 2.62. The van der Waals surface area contributed by atoms with E-state index in [-0.39, 0.29) is 5.91 Å². The number of hydrogen-bond acceptors (Lipinski definition) is 2. The molecule has 98 valence electrons. The molecule has 0 unspecified atom stereocenters. The van der Waals surface area contributed by atoms with Crippen molar-refractivity contribution in [2.75, 3.05) is 11.1 Å². The number of halogens is 2. The van der Waals surface area contributed by atoms with Crippen LogP contribution in [0, 0.1) is 6.92 Å². The lowest BCUT2D eigenvalue weighted by Gasteiger charge is -2.09. The Morgan fingerprint density at radius 3 is 2.63 bits per heavy atom. The number of nitrogen functional groups attached to an aromatic ring is 1. The van der Waals surface area contributed by atoms with Crippen molar-refractivity contribution in [1.82, 2.24) is 0 Å². The lowest BCUT2D eigenvalue weighted by molar-refractivity contribution is 0.102. The summed E-state index contributed by atoms with van der Waals surface area (Å²) in [6.07, 6.45) is 0. The molecule has 0 fully saturated rings. The van der Waals surface area contributed by atoms with Crippen LogP contribution >= 0.6 is 27.5 Å². The third kappa shape index (κ3) is 3.49. The topological polar surface area (TPSA) is 55.1 Å². The van der Waals surface area contributed by atoms with Gasteiger partial charge in [-0.2, -0.15) is 0 Å². The van der Waals surface area contributed by atoms with Crippen LogP contribution < -0.4 is 11.1 Å². The number of nitrogens with one attached hydrogen (secondary N) is 1. The minimum Gasteiger partial charge on any atom is -0.399 e. The first-order valence-electron chi connectivity index (χ1n) is 5.59. The molecule has 0 bridgehead atoms. The highest BCUT2D eigenvalue weighted by molar-refractivity contribution is 9.10. The van der Waals surface area contributed by atoms with Crippen LogP contribution in [0.3, 0.4) is 0 Å². The van der Waals surface area contributed by atoms with E-state index in [1.165, 1.54) is 0 Å². The number of aryl methyl sites for hydroxylation is 1. The van der Waals surface area contributed by atoms with Crippen molar-refractivity contribution in [3.63, 3.8) is 0 Å². The second-order valence-corrected chi connectivity index (χ2v) is 5.54. The molecule has 5 heteroatoms. The Balaban J connectivity index is 2.25. The number of nitrogens with two attached hydrogens (primary N) is 1. The average molecular weight is 340 g/mol. The van der Waals surface area contributed by atoms with Crippen molar-refractivity contribution in [2.45, 2.75) is 6.92 Å². The highest BCUT2D eigenvalue weighted by Crippen LogP contribution is 2.22. The molecule has 0 spiro atoms.